The number of nitrogens with two attached hydrogens (primary N) is 1. The lowest BCUT2D eigenvalue weighted by atomic mass is 9.76. The molecule has 1 aromatic carbocycles. The smallest absolute Gasteiger partial charge is 0.126 e. The van der Waals surface area contributed by atoms with E-state index in [4.69, 9.17) is 5.73 Å². The largest absolute Gasteiger partial charge is 0.327 e. The fraction of sp³-hybridized carbons (Fsp3) is 0.455. The summed E-state index contributed by atoms with van der Waals surface area (Å²) in [4.78, 5) is 0. The van der Waals surface area contributed by atoms with Crippen molar-refractivity contribution in [1.29, 1.82) is 0 Å². The topological polar surface area (TPSA) is 26.0 Å². The molecule has 1 aliphatic rings. The van der Waals surface area contributed by atoms with E-state index >= 15 is 0 Å². The molecule has 0 bridgehead atoms. The molecular weight excluding hydrogens is 245 g/mol. The van der Waals surface area contributed by atoms with Crippen LogP contribution in [0.1, 0.15) is 18.4 Å². The van der Waals surface area contributed by atoms with Gasteiger partial charge in [0.25, 0.3) is 0 Å². The Bertz CT molecular complexity index is 340. The molecule has 0 aromatic heterocycles. The van der Waals surface area contributed by atoms with Crippen LogP contribution in [0.4, 0.5) is 4.39 Å². The molecule has 0 amide bonds. The van der Waals surface area contributed by atoms with E-state index in [0.717, 1.165) is 29.3 Å². The number of halogens is 2. The first-order valence-corrected chi connectivity index (χ1v) is 5.65. The van der Waals surface area contributed by atoms with Gasteiger partial charge in [0.2, 0.25) is 0 Å². The maximum Gasteiger partial charge on any atom is 0.126 e. The normalized spacial score (nSPS) is 25.9. The first kappa shape index (κ1) is 10.1. The Labute approximate surface area is 91.6 Å². The predicted octanol–water partition coefficient (Wildman–Crippen LogP) is 2.87. The second-order valence-corrected chi connectivity index (χ2v) is 4.86. The summed E-state index contributed by atoms with van der Waals surface area (Å²) >= 11 is 3.34. The summed E-state index contributed by atoms with van der Waals surface area (Å²) in [5, 5.41) is 0. The Morgan fingerprint density at radius 1 is 1.43 bits per heavy atom. The first-order chi connectivity index (χ1) is 6.66. The molecule has 76 valence electrons. The van der Waals surface area contributed by atoms with Gasteiger partial charge in [0, 0.05) is 10.5 Å². The Morgan fingerprint density at radius 2 is 2.21 bits per heavy atom. The molecule has 1 aromatic rings. The van der Waals surface area contributed by atoms with E-state index < -0.39 is 0 Å². The van der Waals surface area contributed by atoms with Crippen LogP contribution in [0.3, 0.4) is 0 Å². The first-order valence-electron chi connectivity index (χ1n) is 4.86. The molecule has 1 aliphatic carbocycles. The van der Waals surface area contributed by atoms with Crippen LogP contribution < -0.4 is 5.73 Å². The molecule has 0 saturated heterocycles. The van der Waals surface area contributed by atoms with E-state index in [9.17, 15) is 4.39 Å². The van der Waals surface area contributed by atoms with Gasteiger partial charge in [-0.2, -0.15) is 0 Å². The van der Waals surface area contributed by atoms with Gasteiger partial charge >= 0.3 is 0 Å². The molecule has 1 fully saturated rings. The minimum Gasteiger partial charge on any atom is -0.327 e. The van der Waals surface area contributed by atoms with Crippen LogP contribution in [-0.2, 0) is 6.42 Å². The standard InChI is InChI=1S/C11H13BrFN/c12-9-2-3-10(13)8(6-9)5-7-1-4-11(7)14/h2-3,6-7,11H,1,4-5,14H2. The lowest BCUT2D eigenvalue weighted by Crippen LogP contribution is -2.40. The molecular formula is C11H13BrFN. The van der Waals surface area contributed by atoms with E-state index in [2.05, 4.69) is 15.9 Å². The Balaban J connectivity index is 2.11. The molecule has 0 heterocycles. The molecule has 1 saturated carbocycles. The zero-order chi connectivity index (χ0) is 10.1. The van der Waals surface area contributed by atoms with Gasteiger partial charge in [-0.3, -0.25) is 0 Å². The molecule has 2 unspecified atom stereocenters. The van der Waals surface area contributed by atoms with Crippen LogP contribution in [0.15, 0.2) is 22.7 Å². The van der Waals surface area contributed by atoms with Crippen molar-refractivity contribution in [3.05, 3.63) is 34.1 Å². The van der Waals surface area contributed by atoms with Crippen molar-refractivity contribution < 1.29 is 4.39 Å². The Morgan fingerprint density at radius 3 is 2.79 bits per heavy atom. The molecule has 2 N–H and O–H groups in total. The van der Waals surface area contributed by atoms with Crippen molar-refractivity contribution in [2.75, 3.05) is 0 Å². The Kier molecular flexibility index (Phi) is 2.88. The summed E-state index contributed by atoms with van der Waals surface area (Å²) in [6, 6.07) is 5.34. The maximum atomic E-state index is 13.4. The van der Waals surface area contributed by atoms with E-state index in [1.807, 2.05) is 6.07 Å². The van der Waals surface area contributed by atoms with Crippen molar-refractivity contribution in [2.24, 2.45) is 11.7 Å². The van der Waals surface area contributed by atoms with Gasteiger partial charge in [0.05, 0.1) is 0 Å². The van der Waals surface area contributed by atoms with Crippen molar-refractivity contribution in [3.8, 4) is 0 Å². The van der Waals surface area contributed by atoms with Gasteiger partial charge in [-0.25, -0.2) is 4.39 Å². The highest BCUT2D eigenvalue weighted by molar-refractivity contribution is 9.10. The summed E-state index contributed by atoms with van der Waals surface area (Å²) in [7, 11) is 0. The zero-order valence-corrected chi connectivity index (χ0v) is 9.43. The lowest BCUT2D eigenvalue weighted by Gasteiger charge is -2.33. The molecule has 2 atom stereocenters. The van der Waals surface area contributed by atoms with E-state index in [1.165, 1.54) is 6.07 Å². The van der Waals surface area contributed by atoms with Crippen LogP contribution >= 0.6 is 15.9 Å². The number of benzene rings is 1. The third-order valence-corrected chi connectivity index (χ3v) is 3.46. The maximum absolute atomic E-state index is 13.4. The molecule has 0 spiro atoms. The second kappa shape index (κ2) is 3.99. The fourth-order valence-corrected chi connectivity index (χ4v) is 2.24. The summed E-state index contributed by atoms with van der Waals surface area (Å²) in [6.45, 7) is 0. The minimum absolute atomic E-state index is 0.118. The SMILES string of the molecule is NC1CCC1Cc1cc(Br)ccc1F. The third-order valence-electron chi connectivity index (χ3n) is 2.97. The highest BCUT2D eigenvalue weighted by Crippen LogP contribution is 2.30. The number of hydrogen-bond acceptors (Lipinski definition) is 1. The molecule has 0 radical (unpaired) electrons. The van der Waals surface area contributed by atoms with Gasteiger partial charge < -0.3 is 5.73 Å². The second-order valence-electron chi connectivity index (χ2n) is 3.94. The summed E-state index contributed by atoms with van der Waals surface area (Å²) in [6.07, 6.45) is 2.99. The van der Waals surface area contributed by atoms with Gasteiger partial charge in [-0.15, -0.1) is 0 Å². The van der Waals surface area contributed by atoms with Crippen LogP contribution in [0.5, 0.6) is 0 Å². The fourth-order valence-electron chi connectivity index (χ4n) is 1.83. The van der Waals surface area contributed by atoms with E-state index in [-0.39, 0.29) is 11.9 Å². The molecule has 2 rings (SSSR count). The summed E-state index contributed by atoms with van der Waals surface area (Å²) < 4.78 is 14.3. The van der Waals surface area contributed by atoms with Crippen molar-refractivity contribution in [3.63, 3.8) is 0 Å². The van der Waals surface area contributed by atoms with Crippen molar-refractivity contribution in [1.82, 2.24) is 0 Å². The van der Waals surface area contributed by atoms with Gasteiger partial charge in [0.1, 0.15) is 5.82 Å². The van der Waals surface area contributed by atoms with Gasteiger partial charge in [-0.1, -0.05) is 15.9 Å². The van der Waals surface area contributed by atoms with Crippen molar-refractivity contribution in [2.45, 2.75) is 25.3 Å². The molecule has 0 aliphatic heterocycles. The van der Waals surface area contributed by atoms with Gasteiger partial charge in [0.15, 0.2) is 0 Å². The van der Waals surface area contributed by atoms with Crippen LogP contribution in [0.2, 0.25) is 0 Å². The highest BCUT2D eigenvalue weighted by Gasteiger charge is 2.27. The average molecular weight is 258 g/mol. The molecule has 1 nitrogen and oxygen atoms in total. The number of rotatable bonds is 2. The molecule has 3 heteroatoms. The predicted molar refractivity (Wildman–Crippen MR) is 58.5 cm³/mol. The van der Waals surface area contributed by atoms with Crippen LogP contribution in [0.25, 0.3) is 0 Å². The highest BCUT2D eigenvalue weighted by atomic mass is 79.9. The molecule has 14 heavy (non-hydrogen) atoms. The number of hydrogen-bond donors (Lipinski definition) is 1. The monoisotopic (exact) mass is 257 g/mol. The van der Waals surface area contributed by atoms with Crippen molar-refractivity contribution >= 4 is 15.9 Å². The van der Waals surface area contributed by atoms with Crippen LogP contribution in [0, 0.1) is 11.7 Å². The van der Waals surface area contributed by atoms with Gasteiger partial charge in [-0.05, 0) is 48.9 Å². The average Bonchev–Trinajstić information content (AvgIpc) is 2.17. The zero-order valence-electron chi connectivity index (χ0n) is 7.84. The lowest BCUT2D eigenvalue weighted by molar-refractivity contribution is 0.253. The van der Waals surface area contributed by atoms with Crippen LogP contribution in [-0.4, -0.2) is 6.04 Å². The van der Waals surface area contributed by atoms with E-state index in [0.29, 0.717) is 5.92 Å². The van der Waals surface area contributed by atoms with E-state index in [1.54, 1.807) is 6.07 Å². The Hall–Kier alpha value is -0.410. The minimum atomic E-state index is -0.118. The third kappa shape index (κ3) is 1.98. The summed E-state index contributed by atoms with van der Waals surface area (Å²) in [5.41, 5.74) is 6.60. The quantitative estimate of drug-likeness (QED) is 0.867. The summed E-state index contributed by atoms with van der Waals surface area (Å²) in [5.74, 6) is 0.353.